The lowest BCUT2D eigenvalue weighted by atomic mass is 10.1. The highest BCUT2D eigenvalue weighted by Crippen LogP contribution is 2.22. The summed E-state index contributed by atoms with van der Waals surface area (Å²) in [5.74, 6) is 0.793. The van der Waals surface area contributed by atoms with Gasteiger partial charge in [0.1, 0.15) is 11.9 Å². The van der Waals surface area contributed by atoms with E-state index < -0.39 is 6.04 Å². The number of hydrogen-bond acceptors (Lipinski definition) is 3. The van der Waals surface area contributed by atoms with Crippen molar-refractivity contribution < 1.29 is 4.79 Å². The van der Waals surface area contributed by atoms with Crippen LogP contribution in [0.5, 0.6) is 0 Å². The summed E-state index contributed by atoms with van der Waals surface area (Å²) < 4.78 is 1.93. The fourth-order valence-corrected chi connectivity index (χ4v) is 4.04. The SMILES string of the molecule is Cc1nccn1C(C(=O)NCc1cccc(N2CCCCC2)c1)c1ccccc1. The van der Waals surface area contributed by atoms with Crippen LogP contribution < -0.4 is 10.2 Å². The topological polar surface area (TPSA) is 50.2 Å². The lowest BCUT2D eigenvalue weighted by Gasteiger charge is -2.29. The van der Waals surface area contributed by atoms with Crippen molar-refractivity contribution in [3.8, 4) is 0 Å². The van der Waals surface area contributed by atoms with Crippen LogP contribution in [-0.4, -0.2) is 28.5 Å². The molecule has 0 radical (unpaired) electrons. The maximum atomic E-state index is 13.2. The van der Waals surface area contributed by atoms with Gasteiger partial charge in [-0.3, -0.25) is 4.79 Å². The molecule has 150 valence electrons. The number of amides is 1. The summed E-state index contributed by atoms with van der Waals surface area (Å²) in [5, 5.41) is 3.14. The monoisotopic (exact) mass is 388 g/mol. The van der Waals surface area contributed by atoms with Gasteiger partial charge in [0, 0.05) is 37.7 Å². The second-order valence-electron chi connectivity index (χ2n) is 7.63. The molecule has 29 heavy (non-hydrogen) atoms. The van der Waals surface area contributed by atoms with Gasteiger partial charge in [0.15, 0.2) is 0 Å². The normalized spacial score (nSPS) is 15.1. The Kier molecular flexibility index (Phi) is 5.94. The van der Waals surface area contributed by atoms with Crippen LogP contribution >= 0.6 is 0 Å². The highest BCUT2D eigenvalue weighted by molar-refractivity contribution is 5.83. The van der Waals surface area contributed by atoms with E-state index in [0.29, 0.717) is 6.54 Å². The van der Waals surface area contributed by atoms with Crippen LogP contribution in [0.2, 0.25) is 0 Å². The number of anilines is 1. The van der Waals surface area contributed by atoms with E-state index in [1.54, 1.807) is 6.20 Å². The first-order valence-corrected chi connectivity index (χ1v) is 10.4. The predicted molar refractivity (Wildman–Crippen MR) is 116 cm³/mol. The first-order chi connectivity index (χ1) is 14.2. The third-order valence-corrected chi connectivity index (χ3v) is 5.60. The quantitative estimate of drug-likeness (QED) is 0.692. The highest BCUT2D eigenvalue weighted by atomic mass is 16.2. The van der Waals surface area contributed by atoms with Crippen LogP contribution in [0.4, 0.5) is 5.69 Å². The summed E-state index contributed by atoms with van der Waals surface area (Å²) >= 11 is 0. The van der Waals surface area contributed by atoms with Gasteiger partial charge in [-0.1, -0.05) is 42.5 Å². The van der Waals surface area contributed by atoms with Crippen molar-refractivity contribution in [1.29, 1.82) is 0 Å². The molecule has 1 unspecified atom stereocenters. The summed E-state index contributed by atoms with van der Waals surface area (Å²) in [6.07, 6.45) is 7.43. The lowest BCUT2D eigenvalue weighted by Crippen LogP contribution is -2.33. The zero-order valence-electron chi connectivity index (χ0n) is 16.9. The number of hydrogen-bond donors (Lipinski definition) is 1. The molecule has 1 N–H and O–H groups in total. The van der Waals surface area contributed by atoms with E-state index in [9.17, 15) is 4.79 Å². The van der Waals surface area contributed by atoms with Gasteiger partial charge in [0.2, 0.25) is 5.91 Å². The average molecular weight is 389 g/mol. The summed E-state index contributed by atoms with van der Waals surface area (Å²) in [6.45, 7) is 4.67. The average Bonchev–Trinajstić information content (AvgIpc) is 3.19. The largest absolute Gasteiger partial charge is 0.372 e. The smallest absolute Gasteiger partial charge is 0.248 e. The van der Waals surface area contributed by atoms with Gasteiger partial charge in [-0.05, 0) is 49.4 Å². The van der Waals surface area contributed by atoms with Crippen molar-refractivity contribution in [1.82, 2.24) is 14.9 Å². The number of carbonyl (C=O) groups excluding carboxylic acids is 1. The van der Waals surface area contributed by atoms with E-state index in [1.165, 1.54) is 24.9 Å². The third kappa shape index (κ3) is 4.50. The number of aryl methyl sites for hydroxylation is 1. The Morgan fingerprint density at radius 2 is 1.86 bits per heavy atom. The van der Waals surface area contributed by atoms with Gasteiger partial charge < -0.3 is 14.8 Å². The maximum absolute atomic E-state index is 13.2. The first kappa shape index (κ1) is 19.2. The molecule has 0 bridgehead atoms. The van der Waals surface area contributed by atoms with E-state index in [2.05, 4.69) is 39.5 Å². The molecule has 0 saturated carbocycles. The van der Waals surface area contributed by atoms with Crippen molar-refractivity contribution in [3.05, 3.63) is 83.9 Å². The number of benzene rings is 2. The maximum Gasteiger partial charge on any atom is 0.248 e. The summed E-state index contributed by atoms with van der Waals surface area (Å²) in [6, 6.07) is 18.0. The fraction of sp³-hybridized carbons (Fsp3) is 0.333. The van der Waals surface area contributed by atoms with E-state index in [1.807, 2.05) is 48.0 Å². The summed E-state index contributed by atoms with van der Waals surface area (Å²) in [5.41, 5.74) is 3.32. The molecule has 1 amide bonds. The minimum absolute atomic E-state index is 0.0272. The van der Waals surface area contributed by atoms with Gasteiger partial charge >= 0.3 is 0 Å². The predicted octanol–water partition coefficient (Wildman–Crippen LogP) is 4.09. The Bertz CT molecular complexity index is 944. The molecular formula is C24H28N4O. The molecule has 0 spiro atoms. The minimum atomic E-state index is -0.427. The van der Waals surface area contributed by atoms with Gasteiger partial charge in [-0.25, -0.2) is 4.98 Å². The van der Waals surface area contributed by atoms with Gasteiger partial charge in [-0.15, -0.1) is 0 Å². The Labute approximate surface area is 172 Å². The first-order valence-electron chi connectivity index (χ1n) is 10.4. The molecule has 5 nitrogen and oxygen atoms in total. The molecule has 2 heterocycles. The van der Waals surface area contributed by atoms with Crippen molar-refractivity contribution in [2.75, 3.05) is 18.0 Å². The standard InChI is InChI=1S/C24H28N4O/c1-19-25-13-16-28(19)23(21-10-4-2-5-11-21)24(29)26-18-20-9-8-12-22(17-20)27-14-6-3-7-15-27/h2,4-5,8-13,16-17,23H,3,6-7,14-15,18H2,1H3,(H,26,29). The van der Waals surface area contributed by atoms with Gasteiger partial charge in [0.05, 0.1) is 0 Å². The van der Waals surface area contributed by atoms with Crippen LogP contribution in [0.3, 0.4) is 0 Å². The molecule has 1 fully saturated rings. The molecular weight excluding hydrogens is 360 g/mol. The number of piperidine rings is 1. The Morgan fingerprint density at radius 1 is 1.07 bits per heavy atom. The fourth-order valence-electron chi connectivity index (χ4n) is 4.04. The molecule has 1 atom stereocenters. The molecule has 1 aliphatic heterocycles. The number of rotatable bonds is 6. The van der Waals surface area contributed by atoms with Crippen LogP contribution in [0.25, 0.3) is 0 Å². The molecule has 5 heteroatoms. The van der Waals surface area contributed by atoms with E-state index in [0.717, 1.165) is 30.0 Å². The second kappa shape index (κ2) is 8.95. The third-order valence-electron chi connectivity index (χ3n) is 5.60. The molecule has 0 aliphatic carbocycles. The molecule has 1 aromatic heterocycles. The number of imidazole rings is 1. The number of carbonyl (C=O) groups is 1. The van der Waals surface area contributed by atoms with E-state index >= 15 is 0 Å². The zero-order valence-corrected chi connectivity index (χ0v) is 16.9. The van der Waals surface area contributed by atoms with Crippen molar-refractivity contribution in [2.45, 2.75) is 38.8 Å². The second-order valence-corrected chi connectivity index (χ2v) is 7.63. The molecule has 2 aromatic carbocycles. The van der Waals surface area contributed by atoms with Gasteiger partial charge in [0.25, 0.3) is 0 Å². The van der Waals surface area contributed by atoms with E-state index in [-0.39, 0.29) is 5.91 Å². The molecule has 3 aromatic rings. The van der Waals surface area contributed by atoms with Crippen LogP contribution in [0.15, 0.2) is 67.0 Å². The van der Waals surface area contributed by atoms with Gasteiger partial charge in [-0.2, -0.15) is 0 Å². The number of nitrogens with zero attached hydrogens (tertiary/aromatic N) is 3. The van der Waals surface area contributed by atoms with Crippen LogP contribution in [-0.2, 0) is 11.3 Å². The molecule has 1 aliphatic rings. The Hall–Kier alpha value is -3.08. The van der Waals surface area contributed by atoms with Crippen molar-refractivity contribution in [2.24, 2.45) is 0 Å². The number of aromatic nitrogens is 2. The number of nitrogens with one attached hydrogen (secondary N) is 1. The Balaban J connectivity index is 1.49. The highest BCUT2D eigenvalue weighted by Gasteiger charge is 2.23. The zero-order chi connectivity index (χ0) is 20.1. The summed E-state index contributed by atoms with van der Waals surface area (Å²) in [4.78, 5) is 19.9. The lowest BCUT2D eigenvalue weighted by molar-refractivity contribution is -0.123. The van der Waals surface area contributed by atoms with Crippen molar-refractivity contribution in [3.63, 3.8) is 0 Å². The Morgan fingerprint density at radius 3 is 2.59 bits per heavy atom. The minimum Gasteiger partial charge on any atom is -0.372 e. The van der Waals surface area contributed by atoms with Crippen LogP contribution in [0, 0.1) is 6.92 Å². The van der Waals surface area contributed by atoms with Crippen molar-refractivity contribution >= 4 is 11.6 Å². The summed E-state index contributed by atoms with van der Waals surface area (Å²) in [7, 11) is 0. The molecule has 1 saturated heterocycles. The van der Waals surface area contributed by atoms with Crippen LogP contribution in [0.1, 0.15) is 42.3 Å². The molecule has 4 rings (SSSR count). The van der Waals surface area contributed by atoms with E-state index in [4.69, 9.17) is 0 Å².